The van der Waals surface area contributed by atoms with Crippen molar-refractivity contribution >= 4 is 35.0 Å². The van der Waals surface area contributed by atoms with Gasteiger partial charge in [-0.25, -0.2) is 10.3 Å². The molecule has 1 aliphatic rings. The number of aryl methyl sites for hydroxylation is 2. The largest absolute Gasteiger partial charge is 0.287 e. The second kappa shape index (κ2) is 7.27. The topological polar surface area (TPSA) is 78.5 Å². The zero-order valence-corrected chi connectivity index (χ0v) is 15.1. The van der Waals surface area contributed by atoms with Crippen molar-refractivity contribution in [2.75, 3.05) is 4.90 Å². The van der Waals surface area contributed by atoms with E-state index in [4.69, 9.17) is 11.6 Å². The third-order valence-corrected chi connectivity index (χ3v) is 4.42. The molecule has 0 aromatic heterocycles. The summed E-state index contributed by atoms with van der Waals surface area (Å²) in [5.41, 5.74) is 7.94. The van der Waals surface area contributed by atoms with Gasteiger partial charge in [0.1, 0.15) is 6.04 Å². The molecular weight excluding hydrogens is 354 g/mol. The van der Waals surface area contributed by atoms with E-state index < -0.39 is 17.9 Å². The van der Waals surface area contributed by atoms with Gasteiger partial charge in [-0.2, -0.15) is 0 Å². The predicted octanol–water partition coefficient (Wildman–Crippen LogP) is 2.52. The first-order valence-corrected chi connectivity index (χ1v) is 8.50. The van der Waals surface area contributed by atoms with E-state index >= 15 is 0 Å². The average Bonchev–Trinajstić information content (AvgIpc) is 2.87. The summed E-state index contributed by atoms with van der Waals surface area (Å²) < 4.78 is 0. The van der Waals surface area contributed by atoms with Crippen LogP contribution in [0.25, 0.3) is 0 Å². The molecule has 2 aromatic carbocycles. The van der Waals surface area contributed by atoms with E-state index in [0.717, 1.165) is 16.0 Å². The highest BCUT2D eigenvalue weighted by atomic mass is 35.5. The fraction of sp³-hybridized carbons (Fsp3) is 0.211. The Labute approximate surface area is 156 Å². The molecule has 0 aliphatic carbocycles. The maximum atomic E-state index is 12.6. The number of rotatable bonds is 4. The second-order valence-electron chi connectivity index (χ2n) is 6.22. The first-order valence-electron chi connectivity index (χ1n) is 8.12. The lowest BCUT2D eigenvalue weighted by Crippen LogP contribution is -2.48. The van der Waals surface area contributed by atoms with Crippen LogP contribution in [0.15, 0.2) is 42.5 Å². The van der Waals surface area contributed by atoms with Crippen molar-refractivity contribution in [3.63, 3.8) is 0 Å². The lowest BCUT2D eigenvalue weighted by Gasteiger charge is -2.18. The molecule has 1 heterocycles. The van der Waals surface area contributed by atoms with Crippen LogP contribution in [-0.4, -0.2) is 23.8 Å². The smallest absolute Gasteiger partial charge is 0.265 e. The fourth-order valence-electron chi connectivity index (χ4n) is 2.91. The molecule has 1 atom stereocenters. The molecule has 134 valence electrons. The predicted molar refractivity (Wildman–Crippen MR) is 98.9 cm³/mol. The lowest BCUT2D eigenvalue weighted by atomic mass is 10.1. The zero-order chi connectivity index (χ0) is 18.8. The van der Waals surface area contributed by atoms with Gasteiger partial charge in [0.15, 0.2) is 0 Å². The molecule has 26 heavy (non-hydrogen) atoms. The van der Waals surface area contributed by atoms with E-state index in [1.54, 1.807) is 24.3 Å². The Kier molecular flexibility index (Phi) is 5.06. The van der Waals surface area contributed by atoms with Crippen LogP contribution < -0.4 is 15.8 Å². The number of benzene rings is 2. The van der Waals surface area contributed by atoms with E-state index in [1.807, 2.05) is 26.0 Å². The molecule has 3 rings (SSSR count). The summed E-state index contributed by atoms with van der Waals surface area (Å²) in [5, 5.41) is 0.436. The highest BCUT2D eigenvalue weighted by Crippen LogP contribution is 2.26. The number of carbonyl (C=O) groups is 3. The summed E-state index contributed by atoms with van der Waals surface area (Å²) in [6.45, 7) is 3.80. The Morgan fingerprint density at radius 2 is 1.92 bits per heavy atom. The van der Waals surface area contributed by atoms with Crippen molar-refractivity contribution in [2.45, 2.75) is 26.3 Å². The minimum atomic E-state index is -0.814. The number of imide groups is 1. The van der Waals surface area contributed by atoms with E-state index in [9.17, 15) is 14.4 Å². The summed E-state index contributed by atoms with van der Waals surface area (Å²) in [6, 6.07) is 11.1. The first-order chi connectivity index (χ1) is 12.4. The first kappa shape index (κ1) is 18.1. The molecule has 0 bridgehead atoms. The van der Waals surface area contributed by atoms with Crippen molar-refractivity contribution in [3.8, 4) is 0 Å². The third kappa shape index (κ3) is 3.61. The number of amides is 3. The van der Waals surface area contributed by atoms with Gasteiger partial charge in [0.05, 0.1) is 12.1 Å². The van der Waals surface area contributed by atoms with Gasteiger partial charge in [0.2, 0.25) is 5.91 Å². The number of nitrogens with zero attached hydrogens (tertiary/aromatic N) is 1. The SMILES string of the molecule is Cc1ccc(N2C(=O)C[C@@H](NNC(=O)c3cccc(Cl)c3)C2=O)c(C)c1. The van der Waals surface area contributed by atoms with Crippen LogP contribution in [0.2, 0.25) is 5.02 Å². The van der Waals surface area contributed by atoms with E-state index in [1.165, 1.54) is 6.07 Å². The van der Waals surface area contributed by atoms with Crippen molar-refractivity contribution < 1.29 is 14.4 Å². The molecule has 7 heteroatoms. The quantitative estimate of drug-likeness (QED) is 0.639. The van der Waals surface area contributed by atoms with Crippen LogP contribution in [0.4, 0.5) is 5.69 Å². The molecule has 1 aliphatic heterocycles. The van der Waals surface area contributed by atoms with Gasteiger partial charge in [-0.05, 0) is 43.7 Å². The fourth-order valence-corrected chi connectivity index (χ4v) is 3.10. The Bertz CT molecular complexity index is 897. The van der Waals surface area contributed by atoms with Gasteiger partial charge < -0.3 is 0 Å². The second-order valence-corrected chi connectivity index (χ2v) is 6.66. The molecule has 6 nitrogen and oxygen atoms in total. The highest BCUT2D eigenvalue weighted by molar-refractivity contribution is 6.31. The summed E-state index contributed by atoms with van der Waals surface area (Å²) in [7, 11) is 0. The number of carbonyl (C=O) groups excluding carboxylic acids is 3. The van der Waals surface area contributed by atoms with Crippen LogP contribution in [-0.2, 0) is 9.59 Å². The van der Waals surface area contributed by atoms with Crippen LogP contribution in [0.3, 0.4) is 0 Å². The Morgan fingerprint density at radius 3 is 2.62 bits per heavy atom. The number of nitrogens with one attached hydrogen (secondary N) is 2. The van der Waals surface area contributed by atoms with Crippen LogP contribution in [0, 0.1) is 13.8 Å². The number of hydrogen-bond donors (Lipinski definition) is 2. The molecule has 2 aromatic rings. The Hall–Kier alpha value is -2.70. The molecule has 0 spiro atoms. The van der Waals surface area contributed by atoms with Gasteiger partial charge in [-0.3, -0.25) is 19.8 Å². The van der Waals surface area contributed by atoms with Crippen LogP contribution >= 0.6 is 11.6 Å². The maximum Gasteiger partial charge on any atom is 0.265 e. The summed E-state index contributed by atoms with van der Waals surface area (Å²) >= 11 is 5.87. The van der Waals surface area contributed by atoms with Gasteiger partial charge in [0.25, 0.3) is 11.8 Å². The molecule has 0 saturated carbocycles. The number of hydrogen-bond acceptors (Lipinski definition) is 4. The highest BCUT2D eigenvalue weighted by Gasteiger charge is 2.40. The third-order valence-electron chi connectivity index (χ3n) is 4.19. The molecule has 0 radical (unpaired) electrons. The number of hydrazine groups is 1. The number of halogens is 1. The van der Waals surface area contributed by atoms with Gasteiger partial charge >= 0.3 is 0 Å². The normalized spacial score (nSPS) is 16.9. The van der Waals surface area contributed by atoms with Crippen LogP contribution in [0.1, 0.15) is 27.9 Å². The summed E-state index contributed by atoms with van der Waals surface area (Å²) in [5.74, 6) is -1.14. The molecule has 1 saturated heterocycles. The van der Waals surface area contributed by atoms with E-state index in [0.29, 0.717) is 16.3 Å². The van der Waals surface area contributed by atoms with Gasteiger partial charge in [-0.1, -0.05) is 35.4 Å². The standard InChI is InChI=1S/C19H18ClN3O3/c1-11-6-7-16(12(2)8-11)23-17(24)10-15(19(23)26)21-22-18(25)13-4-3-5-14(20)9-13/h3-9,15,21H,10H2,1-2H3,(H,22,25)/t15-/m1/s1. The van der Waals surface area contributed by atoms with Crippen molar-refractivity contribution in [1.29, 1.82) is 0 Å². The molecule has 2 N–H and O–H groups in total. The van der Waals surface area contributed by atoms with Gasteiger partial charge in [0, 0.05) is 10.6 Å². The molecular formula is C19H18ClN3O3. The minimum absolute atomic E-state index is 0.0258. The Morgan fingerprint density at radius 1 is 1.15 bits per heavy atom. The van der Waals surface area contributed by atoms with E-state index in [2.05, 4.69) is 10.9 Å². The monoisotopic (exact) mass is 371 g/mol. The number of anilines is 1. The lowest BCUT2D eigenvalue weighted by molar-refractivity contribution is -0.121. The van der Waals surface area contributed by atoms with Crippen molar-refractivity contribution in [2.24, 2.45) is 0 Å². The minimum Gasteiger partial charge on any atom is -0.287 e. The van der Waals surface area contributed by atoms with Crippen molar-refractivity contribution in [3.05, 3.63) is 64.2 Å². The van der Waals surface area contributed by atoms with Gasteiger partial charge in [-0.15, -0.1) is 0 Å². The summed E-state index contributed by atoms with van der Waals surface area (Å²) in [4.78, 5) is 38.3. The van der Waals surface area contributed by atoms with Crippen LogP contribution in [0.5, 0.6) is 0 Å². The zero-order valence-electron chi connectivity index (χ0n) is 14.4. The average molecular weight is 372 g/mol. The maximum absolute atomic E-state index is 12.6. The Balaban J connectivity index is 1.70. The molecule has 0 unspecified atom stereocenters. The summed E-state index contributed by atoms with van der Waals surface area (Å²) in [6.07, 6.45) is -0.0258. The molecule has 3 amide bonds. The molecule has 1 fully saturated rings. The van der Waals surface area contributed by atoms with Crippen molar-refractivity contribution in [1.82, 2.24) is 10.9 Å². The van der Waals surface area contributed by atoms with E-state index in [-0.39, 0.29) is 12.3 Å².